The number of ether oxygens (including phenoxy) is 3. The van der Waals surface area contributed by atoms with Crippen LogP contribution in [0.1, 0.15) is 76.5 Å². The molecule has 7 heteroatoms. The fraction of sp³-hybridized carbons (Fsp3) is 0.577. The SMILES string of the molecule is CCCCCCCCOC(=COCC=C=O)CN[C@H]1c2cc(C#N)ccc2OC(C)(C)[C@@H]1O. The predicted molar refractivity (Wildman–Crippen MR) is 126 cm³/mol. The van der Waals surface area contributed by atoms with Gasteiger partial charge < -0.3 is 24.6 Å². The molecule has 1 aliphatic heterocycles. The largest absolute Gasteiger partial charge is 0.493 e. The number of hydrogen-bond acceptors (Lipinski definition) is 7. The first kappa shape index (κ1) is 26.5. The van der Waals surface area contributed by atoms with Gasteiger partial charge in [0.15, 0.2) is 0 Å². The van der Waals surface area contributed by atoms with Crippen molar-refractivity contribution in [2.75, 3.05) is 19.8 Å². The molecule has 0 radical (unpaired) electrons. The number of aliphatic hydroxyl groups is 1. The van der Waals surface area contributed by atoms with Gasteiger partial charge in [-0.25, -0.2) is 4.79 Å². The van der Waals surface area contributed by atoms with Crippen molar-refractivity contribution in [2.45, 2.75) is 77.0 Å². The van der Waals surface area contributed by atoms with Crippen molar-refractivity contribution in [1.29, 1.82) is 5.26 Å². The molecule has 2 atom stereocenters. The van der Waals surface area contributed by atoms with E-state index in [2.05, 4.69) is 18.3 Å². The normalized spacial score (nSPS) is 18.9. The molecule has 33 heavy (non-hydrogen) atoms. The van der Waals surface area contributed by atoms with Crippen LogP contribution in [0.25, 0.3) is 0 Å². The smallest absolute Gasteiger partial charge is 0.144 e. The molecule has 0 fully saturated rings. The van der Waals surface area contributed by atoms with E-state index in [0.29, 0.717) is 30.2 Å². The molecule has 0 bridgehead atoms. The molecule has 2 rings (SSSR count). The summed E-state index contributed by atoms with van der Waals surface area (Å²) in [5.74, 6) is 2.88. The highest BCUT2D eigenvalue weighted by Crippen LogP contribution is 2.40. The molecule has 0 spiro atoms. The Balaban J connectivity index is 2.06. The van der Waals surface area contributed by atoms with Crippen molar-refractivity contribution in [2.24, 2.45) is 0 Å². The highest BCUT2D eigenvalue weighted by molar-refractivity contribution is 5.46. The zero-order valence-corrected chi connectivity index (χ0v) is 19.9. The highest BCUT2D eigenvalue weighted by Gasteiger charge is 2.42. The number of aliphatic hydroxyl groups excluding tert-OH is 1. The predicted octanol–water partition coefficient (Wildman–Crippen LogP) is 4.34. The molecule has 0 aliphatic carbocycles. The van der Waals surface area contributed by atoms with E-state index in [0.717, 1.165) is 18.4 Å². The topological polar surface area (TPSA) is 101 Å². The summed E-state index contributed by atoms with van der Waals surface area (Å²) in [5, 5.41) is 23.6. The van der Waals surface area contributed by atoms with E-state index in [1.807, 2.05) is 13.8 Å². The lowest BCUT2D eigenvalue weighted by Crippen LogP contribution is -2.52. The lowest BCUT2D eigenvalue weighted by atomic mass is 9.86. The van der Waals surface area contributed by atoms with Crippen LogP contribution in [0.5, 0.6) is 5.75 Å². The number of benzene rings is 1. The number of carbonyl (C=O) groups excluding carboxylic acids is 1. The van der Waals surface area contributed by atoms with E-state index in [4.69, 9.17) is 14.2 Å². The minimum Gasteiger partial charge on any atom is -0.493 e. The van der Waals surface area contributed by atoms with Crippen molar-refractivity contribution in [3.8, 4) is 11.8 Å². The average Bonchev–Trinajstić information content (AvgIpc) is 2.80. The Kier molecular flexibility index (Phi) is 11.0. The molecule has 180 valence electrons. The summed E-state index contributed by atoms with van der Waals surface area (Å²) in [4.78, 5) is 10.4. The van der Waals surface area contributed by atoms with Crippen molar-refractivity contribution >= 4 is 5.94 Å². The Labute approximate surface area is 197 Å². The fourth-order valence-electron chi connectivity index (χ4n) is 3.74. The van der Waals surface area contributed by atoms with Crippen molar-refractivity contribution < 1.29 is 24.1 Å². The molecular weight excluding hydrogens is 420 g/mol. The van der Waals surface area contributed by atoms with Crippen molar-refractivity contribution in [1.82, 2.24) is 5.32 Å². The summed E-state index contributed by atoms with van der Waals surface area (Å²) in [6, 6.07) is 6.87. The third-order valence-corrected chi connectivity index (χ3v) is 5.63. The second-order valence-corrected chi connectivity index (χ2v) is 8.73. The maximum absolute atomic E-state index is 11.0. The molecule has 1 aliphatic rings. The van der Waals surface area contributed by atoms with Gasteiger partial charge in [-0.15, -0.1) is 0 Å². The van der Waals surface area contributed by atoms with Gasteiger partial charge in [0.1, 0.15) is 42.0 Å². The van der Waals surface area contributed by atoms with Crippen LogP contribution in [-0.2, 0) is 14.3 Å². The Hall–Kier alpha value is -2.78. The second kappa shape index (κ2) is 13.7. The maximum atomic E-state index is 11.0. The van der Waals surface area contributed by atoms with Gasteiger partial charge in [-0.05, 0) is 38.5 Å². The Bertz CT molecular complexity index is 868. The second-order valence-electron chi connectivity index (χ2n) is 8.73. The molecular formula is C26H36N2O5. The number of unbranched alkanes of at least 4 members (excludes halogenated alkanes) is 5. The van der Waals surface area contributed by atoms with Crippen molar-refractivity contribution in [3.63, 3.8) is 0 Å². The molecule has 1 aromatic rings. The van der Waals surface area contributed by atoms with Gasteiger partial charge in [-0.1, -0.05) is 39.0 Å². The van der Waals surface area contributed by atoms with Gasteiger partial charge in [0.05, 0.1) is 30.8 Å². The number of nitrogens with one attached hydrogen (secondary N) is 1. The van der Waals surface area contributed by atoms with Crippen LogP contribution in [-0.4, -0.2) is 42.5 Å². The lowest BCUT2D eigenvalue weighted by Gasteiger charge is -2.42. The number of nitrogens with zero attached hydrogens (tertiary/aromatic N) is 1. The first-order valence-corrected chi connectivity index (χ1v) is 11.7. The lowest BCUT2D eigenvalue weighted by molar-refractivity contribution is -0.0646. The van der Waals surface area contributed by atoms with Gasteiger partial charge in [0.2, 0.25) is 0 Å². The number of nitriles is 1. The van der Waals surface area contributed by atoms with E-state index >= 15 is 0 Å². The third kappa shape index (κ3) is 8.25. The summed E-state index contributed by atoms with van der Waals surface area (Å²) < 4.78 is 17.3. The van der Waals surface area contributed by atoms with E-state index < -0.39 is 17.7 Å². The molecule has 1 aromatic carbocycles. The van der Waals surface area contributed by atoms with E-state index in [1.165, 1.54) is 38.0 Å². The highest BCUT2D eigenvalue weighted by atomic mass is 16.5. The van der Waals surface area contributed by atoms with Gasteiger partial charge in [0.25, 0.3) is 0 Å². The molecule has 2 N–H and O–H groups in total. The van der Waals surface area contributed by atoms with Crippen LogP contribution in [0.3, 0.4) is 0 Å². The summed E-state index contributed by atoms with van der Waals surface area (Å²) in [7, 11) is 0. The summed E-state index contributed by atoms with van der Waals surface area (Å²) in [6.45, 7) is 6.82. The monoisotopic (exact) mass is 456 g/mol. The van der Waals surface area contributed by atoms with Gasteiger partial charge in [-0.3, -0.25) is 0 Å². The van der Waals surface area contributed by atoms with E-state index in [1.54, 1.807) is 24.1 Å². The van der Waals surface area contributed by atoms with E-state index in [-0.39, 0.29) is 6.61 Å². The Morgan fingerprint density at radius 3 is 2.76 bits per heavy atom. The average molecular weight is 457 g/mol. The first-order valence-electron chi connectivity index (χ1n) is 11.7. The minimum absolute atomic E-state index is 0.106. The standard InChI is InChI=1S/C26H36N2O5/c1-4-5-6-7-8-9-15-32-21(19-31-14-10-13-29)18-28-24-22-16-20(17-27)11-12-23(22)33-26(2,3)25(24)30/h10-12,16,19,24-25,28,30H,4-9,14-15,18H2,1-3H3/t24-,25+/m0/s1. The summed E-state index contributed by atoms with van der Waals surface area (Å²) in [6.07, 6.45) is 8.84. The number of fused-ring (bicyclic) bond motifs is 1. The molecule has 0 unspecified atom stereocenters. The molecule has 0 saturated carbocycles. The quantitative estimate of drug-likeness (QED) is 0.244. The molecule has 0 aromatic heterocycles. The minimum atomic E-state index is -0.849. The van der Waals surface area contributed by atoms with Crippen LogP contribution in [0, 0.1) is 11.3 Å². The first-order chi connectivity index (χ1) is 15.9. The van der Waals surface area contributed by atoms with Gasteiger partial charge in [0, 0.05) is 11.6 Å². The van der Waals surface area contributed by atoms with Gasteiger partial charge >= 0.3 is 0 Å². The number of hydrogen-bond donors (Lipinski definition) is 2. The fourth-order valence-corrected chi connectivity index (χ4v) is 3.74. The maximum Gasteiger partial charge on any atom is 0.144 e. The van der Waals surface area contributed by atoms with Crippen molar-refractivity contribution in [3.05, 3.63) is 47.4 Å². The number of rotatable bonds is 14. The van der Waals surface area contributed by atoms with E-state index in [9.17, 15) is 15.2 Å². The third-order valence-electron chi connectivity index (χ3n) is 5.63. The van der Waals surface area contributed by atoms with Crippen LogP contribution >= 0.6 is 0 Å². The molecule has 1 heterocycles. The Morgan fingerprint density at radius 1 is 1.27 bits per heavy atom. The summed E-state index contributed by atoms with van der Waals surface area (Å²) >= 11 is 0. The molecule has 0 amide bonds. The molecule has 7 nitrogen and oxygen atoms in total. The Morgan fingerprint density at radius 2 is 2.03 bits per heavy atom. The zero-order chi connectivity index (χ0) is 24.1. The summed E-state index contributed by atoms with van der Waals surface area (Å²) in [5.41, 5.74) is 0.406. The van der Waals surface area contributed by atoms with Crippen LogP contribution in [0.4, 0.5) is 0 Å². The molecule has 0 saturated heterocycles. The van der Waals surface area contributed by atoms with Gasteiger partial charge in [-0.2, -0.15) is 5.26 Å². The van der Waals surface area contributed by atoms with Crippen LogP contribution in [0.2, 0.25) is 0 Å². The van der Waals surface area contributed by atoms with Crippen LogP contribution in [0.15, 0.2) is 36.3 Å². The zero-order valence-electron chi connectivity index (χ0n) is 19.9. The van der Waals surface area contributed by atoms with Crippen LogP contribution < -0.4 is 10.1 Å².